The number of benzene rings is 1. The Labute approximate surface area is 102 Å². The third-order valence-electron chi connectivity index (χ3n) is 2.34. The van der Waals surface area contributed by atoms with Gasteiger partial charge in [-0.3, -0.25) is 10.1 Å². The SMILES string of the molecule is O=[N+]([O-])CC(O)c1nc2ccccc2cc1Cl. The Hall–Kier alpha value is -1.72. The average Bonchev–Trinajstić information content (AvgIpc) is 2.27. The third-order valence-corrected chi connectivity index (χ3v) is 2.64. The normalized spacial score (nSPS) is 12.6. The molecule has 1 heterocycles. The van der Waals surface area contributed by atoms with Gasteiger partial charge >= 0.3 is 0 Å². The summed E-state index contributed by atoms with van der Waals surface area (Å²) >= 11 is 5.94. The Bertz CT molecular complexity index is 574. The van der Waals surface area contributed by atoms with Crippen LogP contribution in [0.15, 0.2) is 30.3 Å². The van der Waals surface area contributed by atoms with Gasteiger partial charge in [-0.15, -0.1) is 0 Å². The highest BCUT2D eigenvalue weighted by Gasteiger charge is 2.19. The molecule has 5 nitrogen and oxygen atoms in total. The van der Waals surface area contributed by atoms with Crippen molar-refractivity contribution in [2.45, 2.75) is 6.10 Å². The second-order valence-electron chi connectivity index (χ2n) is 3.58. The lowest BCUT2D eigenvalue weighted by molar-refractivity contribution is -0.491. The molecule has 1 aromatic heterocycles. The molecule has 0 aliphatic heterocycles. The Balaban J connectivity index is 2.46. The minimum absolute atomic E-state index is 0.141. The summed E-state index contributed by atoms with van der Waals surface area (Å²) in [5.74, 6) is 0. The van der Waals surface area contributed by atoms with Crippen molar-refractivity contribution in [3.05, 3.63) is 51.2 Å². The van der Waals surface area contributed by atoms with Crippen LogP contribution < -0.4 is 0 Å². The molecule has 0 bridgehead atoms. The van der Waals surface area contributed by atoms with E-state index in [0.29, 0.717) is 5.52 Å². The quantitative estimate of drug-likeness (QED) is 0.671. The van der Waals surface area contributed by atoms with Crippen LogP contribution in [0.4, 0.5) is 0 Å². The fourth-order valence-corrected chi connectivity index (χ4v) is 1.85. The molecule has 1 unspecified atom stereocenters. The molecule has 0 aliphatic rings. The summed E-state index contributed by atoms with van der Waals surface area (Å²) in [5.41, 5.74) is 0.788. The van der Waals surface area contributed by atoms with E-state index >= 15 is 0 Å². The maximum atomic E-state index is 10.3. The van der Waals surface area contributed by atoms with Gasteiger partial charge in [-0.1, -0.05) is 29.8 Å². The fraction of sp³-hybridized carbons (Fsp3) is 0.182. The number of aliphatic hydroxyl groups is 1. The van der Waals surface area contributed by atoms with Crippen LogP contribution in [0.3, 0.4) is 0 Å². The number of pyridine rings is 1. The smallest absolute Gasteiger partial charge is 0.235 e. The van der Waals surface area contributed by atoms with Crippen LogP contribution in [0.5, 0.6) is 0 Å². The monoisotopic (exact) mass is 252 g/mol. The first kappa shape index (κ1) is 11.8. The van der Waals surface area contributed by atoms with E-state index < -0.39 is 17.6 Å². The topological polar surface area (TPSA) is 76.3 Å². The fourth-order valence-electron chi connectivity index (χ4n) is 1.57. The van der Waals surface area contributed by atoms with Gasteiger partial charge < -0.3 is 5.11 Å². The van der Waals surface area contributed by atoms with E-state index in [1.54, 1.807) is 18.2 Å². The summed E-state index contributed by atoms with van der Waals surface area (Å²) < 4.78 is 0. The first-order chi connectivity index (χ1) is 8.08. The number of nitrogens with zero attached hydrogens (tertiary/aromatic N) is 2. The van der Waals surface area contributed by atoms with Crippen LogP contribution in [-0.2, 0) is 0 Å². The lowest BCUT2D eigenvalue weighted by Gasteiger charge is -2.09. The summed E-state index contributed by atoms with van der Waals surface area (Å²) in [6, 6.07) is 8.87. The van der Waals surface area contributed by atoms with Crippen molar-refractivity contribution in [2.75, 3.05) is 6.54 Å². The summed E-state index contributed by atoms with van der Waals surface area (Å²) in [6.07, 6.45) is -1.29. The van der Waals surface area contributed by atoms with Gasteiger partial charge in [0.1, 0.15) is 0 Å². The number of aromatic nitrogens is 1. The number of halogens is 1. The van der Waals surface area contributed by atoms with E-state index in [4.69, 9.17) is 11.6 Å². The van der Waals surface area contributed by atoms with E-state index in [1.165, 1.54) is 0 Å². The van der Waals surface area contributed by atoms with Crippen molar-refractivity contribution < 1.29 is 10.0 Å². The molecule has 0 saturated carbocycles. The zero-order valence-corrected chi connectivity index (χ0v) is 9.46. The standard InChI is InChI=1S/C11H9ClN2O3/c12-8-5-7-3-1-2-4-9(7)13-11(8)10(15)6-14(16)17/h1-5,10,15H,6H2. The molecule has 0 aliphatic carbocycles. The molecule has 0 amide bonds. The molecule has 6 heteroatoms. The second kappa shape index (κ2) is 4.65. The molecule has 1 atom stereocenters. The zero-order chi connectivity index (χ0) is 12.4. The Morgan fingerprint density at radius 2 is 2.18 bits per heavy atom. The molecule has 1 N–H and O–H groups in total. The van der Waals surface area contributed by atoms with Gasteiger partial charge in [0.15, 0.2) is 6.10 Å². The number of rotatable bonds is 3. The molecular weight excluding hydrogens is 244 g/mol. The van der Waals surface area contributed by atoms with Crippen LogP contribution in [-0.4, -0.2) is 21.6 Å². The van der Waals surface area contributed by atoms with Gasteiger partial charge in [-0.05, 0) is 12.1 Å². The molecule has 2 rings (SSSR count). The maximum Gasteiger partial charge on any atom is 0.235 e. The van der Waals surface area contributed by atoms with Crippen LogP contribution in [0, 0.1) is 10.1 Å². The second-order valence-corrected chi connectivity index (χ2v) is 3.99. The number of hydrogen-bond donors (Lipinski definition) is 1. The van der Waals surface area contributed by atoms with Crippen LogP contribution in [0.1, 0.15) is 11.8 Å². The van der Waals surface area contributed by atoms with E-state index in [2.05, 4.69) is 4.98 Å². The predicted octanol–water partition coefficient (Wildman–Crippen LogP) is 2.20. The van der Waals surface area contributed by atoms with Crippen LogP contribution in [0.25, 0.3) is 10.9 Å². The van der Waals surface area contributed by atoms with Crippen LogP contribution in [0.2, 0.25) is 5.02 Å². The molecule has 0 radical (unpaired) electrons. The molecule has 2 aromatic rings. The van der Waals surface area contributed by atoms with E-state index in [0.717, 1.165) is 5.39 Å². The van der Waals surface area contributed by atoms with Gasteiger partial charge in [0, 0.05) is 10.3 Å². The molecule has 0 fully saturated rings. The van der Waals surface area contributed by atoms with Crippen molar-refractivity contribution in [3.63, 3.8) is 0 Å². The molecule has 1 aromatic carbocycles. The first-order valence-electron chi connectivity index (χ1n) is 4.93. The van der Waals surface area contributed by atoms with Gasteiger partial charge in [0.05, 0.1) is 16.2 Å². The average molecular weight is 253 g/mol. The minimum Gasteiger partial charge on any atom is -0.380 e. The molecule has 17 heavy (non-hydrogen) atoms. The van der Waals surface area contributed by atoms with Crippen molar-refractivity contribution in [3.8, 4) is 0 Å². The van der Waals surface area contributed by atoms with Crippen molar-refractivity contribution in [1.82, 2.24) is 4.98 Å². The van der Waals surface area contributed by atoms with E-state index in [-0.39, 0.29) is 10.7 Å². The summed E-state index contributed by atoms with van der Waals surface area (Å²) in [5, 5.41) is 21.0. The Kier molecular flexibility index (Phi) is 3.21. The number of nitro groups is 1. The zero-order valence-electron chi connectivity index (χ0n) is 8.71. The summed E-state index contributed by atoms with van der Waals surface area (Å²) in [6.45, 7) is -0.606. The molecule has 0 saturated heterocycles. The van der Waals surface area contributed by atoms with Crippen molar-refractivity contribution in [2.24, 2.45) is 0 Å². The highest BCUT2D eigenvalue weighted by atomic mass is 35.5. The molecule has 88 valence electrons. The maximum absolute atomic E-state index is 10.3. The number of hydrogen-bond acceptors (Lipinski definition) is 4. The van der Waals surface area contributed by atoms with Crippen molar-refractivity contribution >= 4 is 22.5 Å². The Morgan fingerprint density at radius 1 is 1.47 bits per heavy atom. The van der Waals surface area contributed by atoms with Crippen LogP contribution >= 0.6 is 11.6 Å². The third kappa shape index (κ3) is 2.51. The van der Waals surface area contributed by atoms with E-state index in [1.807, 2.05) is 12.1 Å². The molecule has 0 spiro atoms. The lowest BCUT2D eigenvalue weighted by Crippen LogP contribution is -2.13. The number of para-hydroxylation sites is 1. The predicted molar refractivity (Wildman–Crippen MR) is 63.6 cm³/mol. The van der Waals surface area contributed by atoms with Gasteiger partial charge in [0.25, 0.3) is 0 Å². The summed E-state index contributed by atoms with van der Waals surface area (Å²) in [7, 11) is 0. The first-order valence-corrected chi connectivity index (χ1v) is 5.31. The largest absolute Gasteiger partial charge is 0.380 e. The van der Waals surface area contributed by atoms with Crippen molar-refractivity contribution in [1.29, 1.82) is 0 Å². The minimum atomic E-state index is -1.29. The summed E-state index contributed by atoms with van der Waals surface area (Å²) in [4.78, 5) is 13.9. The number of fused-ring (bicyclic) bond motifs is 1. The number of aliphatic hydroxyl groups excluding tert-OH is 1. The van der Waals surface area contributed by atoms with Gasteiger partial charge in [-0.2, -0.15) is 0 Å². The highest BCUT2D eigenvalue weighted by Crippen LogP contribution is 2.25. The lowest BCUT2D eigenvalue weighted by atomic mass is 10.1. The Morgan fingerprint density at radius 3 is 2.88 bits per heavy atom. The highest BCUT2D eigenvalue weighted by molar-refractivity contribution is 6.31. The molecular formula is C11H9ClN2O3. The van der Waals surface area contributed by atoms with Gasteiger partial charge in [-0.25, -0.2) is 4.98 Å². The van der Waals surface area contributed by atoms with E-state index in [9.17, 15) is 15.2 Å². The van der Waals surface area contributed by atoms with Gasteiger partial charge in [0.2, 0.25) is 6.54 Å².